The maximum atomic E-state index is 13.1. The first-order valence-electron chi connectivity index (χ1n) is 9.49. The fraction of sp³-hybridized carbons (Fsp3) is 0.174. The summed E-state index contributed by atoms with van der Waals surface area (Å²) in [5, 5.41) is 3.27. The molecule has 7 heteroatoms. The molecule has 1 N–H and O–H groups in total. The van der Waals surface area contributed by atoms with Crippen LogP contribution in [0.1, 0.15) is 33.9 Å². The quantitative estimate of drug-likeness (QED) is 0.637. The standard InChI is InChI=1S/C23H20ClN3O3/c1-30-18-9-6-15(7-10-18)20(12-22(28)26-21-11-8-17(24)13-25-21)27-14-16-4-2-3-5-19(16)23(27)29/h2-11,13,20H,12,14H2,1H3,(H,25,26,28). The van der Waals surface area contributed by atoms with Crippen LogP contribution in [-0.4, -0.2) is 28.8 Å². The second kappa shape index (κ2) is 8.55. The number of anilines is 1. The number of ether oxygens (including phenoxy) is 1. The molecule has 0 fully saturated rings. The predicted molar refractivity (Wildman–Crippen MR) is 115 cm³/mol. The number of pyridine rings is 1. The highest BCUT2D eigenvalue weighted by molar-refractivity contribution is 6.30. The van der Waals surface area contributed by atoms with E-state index in [0.29, 0.717) is 28.7 Å². The number of nitrogens with one attached hydrogen (secondary N) is 1. The van der Waals surface area contributed by atoms with Gasteiger partial charge in [-0.05, 0) is 41.5 Å². The van der Waals surface area contributed by atoms with Crippen LogP contribution < -0.4 is 10.1 Å². The average Bonchev–Trinajstić information content (AvgIpc) is 3.10. The van der Waals surface area contributed by atoms with E-state index >= 15 is 0 Å². The van der Waals surface area contributed by atoms with E-state index in [1.807, 2.05) is 48.5 Å². The van der Waals surface area contributed by atoms with Crippen LogP contribution in [0.3, 0.4) is 0 Å². The lowest BCUT2D eigenvalue weighted by atomic mass is 10.0. The van der Waals surface area contributed by atoms with Crippen LogP contribution in [0.25, 0.3) is 0 Å². The van der Waals surface area contributed by atoms with Gasteiger partial charge in [-0.2, -0.15) is 0 Å². The monoisotopic (exact) mass is 421 g/mol. The Morgan fingerprint density at radius 1 is 1.17 bits per heavy atom. The molecular weight excluding hydrogens is 402 g/mol. The minimum Gasteiger partial charge on any atom is -0.497 e. The number of aromatic nitrogens is 1. The lowest BCUT2D eigenvalue weighted by Crippen LogP contribution is -2.32. The van der Waals surface area contributed by atoms with Gasteiger partial charge in [0.05, 0.1) is 24.6 Å². The van der Waals surface area contributed by atoms with Gasteiger partial charge in [-0.3, -0.25) is 9.59 Å². The molecule has 152 valence electrons. The predicted octanol–water partition coefficient (Wildman–Crippen LogP) is 4.47. The van der Waals surface area contributed by atoms with E-state index in [9.17, 15) is 9.59 Å². The minimum absolute atomic E-state index is 0.0798. The molecule has 1 aliphatic rings. The number of fused-ring (bicyclic) bond motifs is 1. The van der Waals surface area contributed by atoms with Gasteiger partial charge in [-0.25, -0.2) is 4.98 Å². The number of carbonyl (C=O) groups is 2. The van der Waals surface area contributed by atoms with E-state index < -0.39 is 6.04 Å². The largest absolute Gasteiger partial charge is 0.497 e. The Balaban J connectivity index is 1.59. The maximum Gasteiger partial charge on any atom is 0.255 e. The third kappa shape index (κ3) is 4.14. The minimum atomic E-state index is -0.428. The van der Waals surface area contributed by atoms with Gasteiger partial charge in [0, 0.05) is 18.3 Å². The zero-order chi connectivity index (χ0) is 21.1. The van der Waals surface area contributed by atoms with Gasteiger partial charge in [-0.15, -0.1) is 0 Å². The van der Waals surface area contributed by atoms with Crippen molar-refractivity contribution < 1.29 is 14.3 Å². The van der Waals surface area contributed by atoms with Crippen LogP contribution in [0.5, 0.6) is 5.75 Å². The van der Waals surface area contributed by atoms with Crippen LogP contribution in [0.2, 0.25) is 5.02 Å². The summed E-state index contributed by atoms with van der Waals surface area (Å²) in [6.45, 7) is 0.457. The summed E-state index contributed by atoms with van der Waals surface area (Å²) in [5.74, 6) is 0.801. The van der Waals surface area contributed by atoms with Crippen molar-refractivity contribution in [3.05, 3.63) is 88.6 Å². The van der Waals surface area contributed by atoms with Crippen molar-refractivity contribution in [1.82, 2.24) is 9.88 Å². The van der Waals surface area contributed by atoms with Crippen molar-refractivity contribution >= 4 is 29.2 Å². The van der Waals surface area contributed by atoms with Crippen molar-refractivity contribution in [3.8, 4) is 5.75 Å². The van der Waals surface area contributed by atoms with Gasteiger partial charge < -0.3 is 15.0 Å². The molecule has 3 aromatic rings. The normalized spacial score (nSPS) is 13.7. The third-order valence-corrected chi connectivity index (χ3v) is 5.32. The van der Waals surface area contributed by atoms with Crippen molar-refractivity contribution in [2.24, 2.45) is 0 Å². The molecule has 0 aliphatic carbocycles. The summed E-state index contributed by atoms with van der Waals surface area (Å²) >= 11 is 5.85. The molecular formula is C23H20ClN3O3. The molecule has 4 rings (SSSR count). The molecule has 2 aromatic carbocycles. The number of nitrogens with zero attached hydrogens (tertiary/aromatic N) is 2. The van der Waals surface area contributed by atoms with Gasteiger partial charge in [0.1, 0.15) is 11.6 Å². The van der Waals surface area contributed by atoms with Crippen LogP contribution >= 0.6 is 11.6 Å². The molecule has 30 heavy (non-hydrogen) atoms. The van der Waals surface area contributed by atoms with E-state index in [1.54, 1.807) is 24.1 Å². The van der Waals surface area contributed by atoms with Crippen LogP contribution in [-0.2, 0) is 11.3 Å². The van der Waals surface area contributed by atoms with Gasteiger partial charge in [0.25, 0.3) is 5.91 Å². The van der Waals surface area contributed by atoms with Gasteiger partial charge >= 0.3 is 0 Å². The van der Waals surface area contributed by atoms with E-state index in [2.05, 4.69) is 10.3 Å². The Morgan fingerprint density at radius 2 is 1.93 bits per heavy atom. The molecule has 0 spiro atoms. The lowest BCUT2D eigenvalue weighted by Gasteiger charge is -2.28. The van der Waals surface area contributed by atoms with Crippen molar-refractivity contribution in [2.45, 2.75) is 19.0 Å². The number of benzene rings is 2. The fourth-order valence-corrected chi connectivity index (χ4v) is 3.69. The number of carbonyl (C=O) groups excluding carboxylic acids is 2. The van der Waals surface area contributed by atoms with Crippen molar-refractivity contribution in [3.63, 3.8) is 0 Å². The highest BCUT2D eigenvalue weighted by Crippen LogP contribution is 2.34. The van der Waals surface area contributed by atoms with Crippen LogP contribution in [0, 0.1) is 0 Å². The lowest BCUT2D eigenvalue weighted by molar-refractivity contribution is -0.117. The molecule has 0 radical (unpaired) electrons. The topological polar surface area (TPSA) is 71.5 Å². The van der Waals surface area contributed by atoms with Gasteiger partial charge in [-0.1, -0.05) is 41.9 Å². The maximum absolute atomic E-state index is 13.1. The Hall–Kier alpha value is -3.38. The van der Waals surface area contributed by atoms with Crippen molar-refractivity contribution in [2.75, 3.05) is 12.4 Å². The summed E-state index contributed by atoms with van der Waals surface area (Å²) in [6, 6.07) is 17.8. The Morgan fingerprint density at radius 3 is 2.60 bits per heavy atom. The molecule has 1 aromatic heterocycles. The van der Waals surface area contributed by atoms with E-state index in [0.717, 1.165) is 11.1 Å². The first-order valence-corrected chi connectivity index (χ1v) is 9.87. The van der Waals surface area contributed by atoms with Crippen LogP contribution in [0.15, 0.2) is 66.9 Å². The summed E-state index contributed by atoms with van der Waals surface area (Å²) in [6.07, 6.45) is 1.56. The SMILES string of the molecule is COc1ccc(C(CC(=O)Nc2ccc(Cl)cn2)N2Cc3ccccc3C2=O)cc1. The second-order valence-corrected chi connectivity index (χ2v) is 7.43. The molecule has 0 saturated carbocycles. The number of rotatable bonds is 6. The Kier molecular flexibility index (Phi) is 5.68. The van der Waals surface area contributed by atoms with Gasteiger partial charge in [0.15, 0.2) is 0 Å². The number of methoxy groups -OCH3 is 1. The zero-order valence-electron chi connectivity index (χ0n) is 16.3. The fourth-order valence-electron chi connectivity index (χ4n) is 3.58. The highest BCUT2D eigenvalue weighted by Gasteiger charge is 2.34. The number of hydrogen-bond donors (Lipinski definition) is 1. The summed E-state index contributed by atoms with van der Waals surface area (Å²) in [5.41, 5.74) is 2.49. The Bertz CT molecular complexity index is 1070. The first kappa shape index (κ1) is 19.9. The second-order valence-electron chi connectivity index (χ2n) is 6.99. The number of hydrogen-bond acceptors (Lipinski definition) is 4. The molecule has 1 atom stereocenters. The third-order valence-electron chi connectivity index (χ3n) is 5.10. The first-order chi connectivity index (χ1) is 14.5. The van der Waals surface area contributed by atoms with Gasteiger partial charge in [0.2, 0.25) is 5.91 Å². The molecule has 0 bridgehead atoms. The molecule has 1 unspecified atom stereocenters. The smallest absolute Gasteiger partial charge is 0.255 e. The summed E-state index contributed by atoms with van der Waals surface area (Å²) in [7, 11) is 1.60. The highest BCUT2D eigenvalue weighted by atomic mass is 35.5. The average molecular weight is 422 g/mol. The summed E-state index contributed by atoms with van der Waals surface area (Å²) in [4.78, 5) is 31.7. The molecule has 2 heterocycles. The van der Waals surface area contributed by atoms with Crippen molar-refractivity contribution in [1.29, 1.82) is 0 Å². The van der Waals surface area contributed by atoms with Crippen LogP contribution in [0.4, 0.5) is 5.82 Å². The number of amides is 2. The van der Waals surface area contributed by atoms with E-state index in [1.165, 1.54) is 6.20 Å². The number of halogens is 1. The zero-order valence-corrected chi connectivity index (χ0v) is 17.1. The summed E-state index contributed by atoms with van der Waals surface area (Å²) < 4.78 is 5.24. The molecule has 1 aliphatic heterocycles. The molecule has 0 saturated heterocycles. The Labute approximate surface area is 179 Å². The van der Waals surface area contributed by atoms with E-state index in [4.69, 9.17) is 16.3 Å². The molecule has 6 nitrogen and oxygen atoms in total. The van der Waals surface area contributed by atoms with E-state index in [-0.39, 0.29) is 18.2 Å². The molecule has 2 amide bonds.